The van der Waals surface area contributed by atoms with Crippen LogP contribution in [0.3, 0.4) is 0 Å². The number of thioether (sulfide) groups is 1. The molecular formula is C33H26F5N3O5S. The number of rotatable bonds is 13. The second-order valence-corrected chi connectivity index (χ2v) is 11.0. The van der Waals surface area contributed by atoms with E-state index in [1.165, 1.54) is 11.8 Å². The van der Waals surface area contributed by atoms with Crippen LogP contribution in [0.5, 0.6) is 5.75 Å². The van der Waals surface area contributed by atoms with Crippen molar-refractivity contribution < 1.29 is 45.9 Å². The summed E-state index contributed by atoms with van der Waals surface area (Å²) in [6, 6.07) is 29.0. The van der Waals surface area contributed by atoms with Gasteiger partial charge in [-0.25, -0.2) is 18.0 Å². The van der Waals surface area contributed by atoms with Crippen LogP contribution < -0.4 is 20.7 Å². The Morgan fingerprint density at radius 3 is 1.32 bits per heavy atom. The van der Waals surface area contributed by atoms with Gasteiger partial charge in [-0.1, -0.05) is 91.0 Å². The fraction of sp³-hybridized carbons (Fsp3) is 0.152. The van der Waals surface area contributed by atoms with Crippen molar-refractivity contribution in [3.8, 4) is 5.75 Å². The SMILES string of the molecule is O=C(CNC(=O)CSC(c1ccccc1)(c1ccccc1)c1ccccc1)NCC(=O)NCC(=O)Oc1c(F)c(F)c(F)c(F)c1F. The summed E-state index contributed by atoms with van der Waals surface area (Å²) in [4.78, 5) is 49.0. The molecule has 14 heteroatoms. The molecule has 244 valence electrons. The van der Waals surface area contributed by atoms with Crippen LogP contribution in [0.2, 0.25) is 0 Å². The summed E-state index contributed by atoms with van der Waals surface area (Å²) in [6.07, 6.45) is 0. The van der Waals surface area contributed by atoms with E-state index in [0.717, 1.165) is 16.7 Å². The molecule has 4 aromatic carbocycles. The number of amides is 3. The lowest BCUT2D eigenvalue weighted by molar-refractivity contribution is -0.136. The summed E-state index contributed by atoms with van der Waals surface area (Å²) >= 11 is 1.36. The van der Waals surface area contributed by atoms with Crippen molar-refractivity contribution in [2.75, 3.05) is 25.4 Å². The number of carbonyl (C=O) groups excluding carboxylic acids is 4. The number of halogens is 5. The van der Waals surface area contributed by atoms with Crippen molar-refractivity contribution in [1.82, 2.24) is 16.0 Å². The standard InChI is InChI=1S/C33H26F5N3O5S/c34-27-28(35)30(37)32(31(38)29(27)36)46-26(45)18-41-24(43)16-39-23(42)17-40-25(44)19-47-33(20-10-4-1-5-11-20,21-12-6-2-7-13-21)22-14-8-3-9-15-22/h1-15H,16-19H2,(H,39,42)(H,40,44)(H,41,43). The van der Waals surface area contributed by atoms with E-state index in [4.69, 9.17) is 0 Å². The van der Waals surface area contributed by atoms with Gasteiger partial charge in [0.2, 0.25) is 52.6 Å². The molecule has 0 aromatic heterocycles. The van der Waals surface area contributed by atoms with E-state index < -0.39 is 82.9 Å². The first-order valence-corrected chi connectivity index (χ1v) is 14.9. The van der Waals surface area contributed by atoms with Gasteiger partial charge in [0.15, 0.2) is 0 Å². The van der Waals surface area contributed by atoms with Gasteiger partial charge in [0, 0.05) is 0 Å². The molecule has 0 aliphatic carbocycles. The first-order chi connectivity index (χ1) is 22.5. The maximum Gasteiger partial charge on any atom is 0.331 e. The zero-order valence-corrected chi connectivity index (χ0v) is 25.1. The number of esters is 1. The zero-order valence-electron chi connectivity index (χ0n) is 24.3. The average Bonchev–Trinajstić information content (AvgIpc) is 3.10. The summed E-state index contributed by atoms with van der Waals surface area (Å²) in [7, 11) is 0. The lowest BCUT2D eigenvalue weighted by atomic mass is 9.84. The molecule has 0 spiro atoms. The Morgan fingerprint density at radius 2 is 0.894 bits per heavy atom. The van der Waals surface area contributed by atoms with Crippen LogP contribution in [0.1, 0.15) is 16.7 Å². The summed E-state index contributed by atoms with van der Waals surface area (Å²) in [5.41, 5.74) is 2.82. The largest absolute Gasteiger partial charge is 0.419 e. The quantitative estimate of drug-likeness (QED) is 0.0487. The average molecular weight is 672 g/mol. The van der Waals surface area contributed by atoms with Gasteiger partial charge in [-0.2, -0.15) is 8.78 Å². The van der Waals surface area contributed by atoms with E-state index in [0.29, 0.717) is 0 Å². The molecule has 0 radical (unpaired) electrons. The van der Waals surface area contributed by atoms with Gasteiger partial charge < -0.3 is 20.7 Å². The Labute approximate surface area is 269 Å². The predicted molar refractivity (Wildman–Crippen MR) is 163 cm³/mol. The molecule has 0 unspecified atom stereocenters. The van der Waals surface area contributed by atoms with Crippen LogP contribution in [0.4, 0.5) is 22.0 Å². The molecule has 0 aliphatic rings. The van der Waals surface area contributed by atoms with E-state index in [9.17, 15) is 41.1 Å². The molecule has 4 aromatic rings. The van der Waals surface area contributed by atoms with Crippen LogP contribution in [0, 0.1) is 29.1 Å². The molecule has 0 atom stereocenters. The second-order valence-electron chi connectivity index (χ2n) is 9.77. The number of nitrogens with one attached hydrogen (secondary N) is 3. The Kier molecular flexibility index (Phi) is 11.7. The highest BCUT2D eigenvalue weighted by Gasteiger charge is 2.37. The van der Waals surface area contributed by atoms with Crippen LogP contribution >= 0.6 is 11.8 Å². The monoisotopic (exact) mass is 671 g/mol. The predicted octanol–water partition coefficient (Wildman–Crippen LogP) is 4.36. The highest BCUT2D eigenvalue weighted by atomic mass is 32.2. The summed E-state index contributed by atoms with van der Waals surface area (Å²) in [6.45, 7) is -2.17. The topological polar surface area (TPSA) is 114 Å². The van der Waals surface area contributed by atoms with E-state index in [2.05, 4.69) is 15.4 Å². The molecule has 3 amide bonds. The molecule has 8 nitrogen and oxygen atoms in total. The lowest BCUT2D eigenvalue weighted by Gasteiger charge is -2.35. The molecule has 4 rings (SSSR count). The Bertz CT molecular complexity index is 1620. The first kappa shape index (κ1) is 34.6. The fourth-order valence-electron chi connectivity index (χ4n) is 4.47. The van der Waals surface area contributed by atoms with Crippen LogP contribution in [0.15, 0.2) is 91.0 Å². The minimum Gasteiger partial charge on any atom is -0.419 e. The molecule has 0 bridgehead atoms. The molecule has 0 heterocycles. The Hall–Kier alpha value is -5.24. The van der Waals surface area contributed by atoms with E-state index in [-0.39, 0.29) is 5.75 Å². The minimum absolute atomic E-state index is 0.0440. The third kappa shape index (κ3) is 8.33. The van der Waals surface area contributed by atoms with Crippen molar-refractivity contribution in [2.45, 2.75) is 4.75 Å². The molecule has 3 N–H and O–H groups in total. The van der Waals surface area contributed by atoms with E-state index >= 15 is 0 Å². The molecule has 0 saturated heterocycles. The number of ether oxygens (including phenoxy) is 1. The van der Waals surface area contributed by atoms with Crippen molar-refractivity contribution in [3.05, 3.63) is 137 Å². The van der Waals surface area contributed by atoms with Gasteiger partial charge in [0.05, 0.1) is 23.6 Å². The van der Waals surface area contributed by atoms with Crippen LogP contribution in [-0.4, -0.2) is 49.1 Å². The Balaban J connectivity index is 1.29. The van der Waals surface area contributed by atoms with Gasteiger partial charge in [-0.05, 0) is 16.7 Å². The maximum absolute atomic E-state index is 13.7. The van der Waals surface area contributed by atoms with Crippen molar-refractivity contribution in [3.63, 3.8) is 0 Å². The third-order valence-electron chi connectivity index (χ3n) is 6.67. The summed E-state index contributed by atoms with van der Waals surface area (Å²) in [5.74, 6) is -17.4. The highest BCUT2D eigenvalue weighted by Crippen LogP contribution is 2.48. The highest BCUT2D eigenvalue weighted by molar-refractivity contribution is 8.01. The minimum atomic E-state index is -2.43. The summed E-state index contributed by atoms with van der Waals surface area (Å²) in [5, 5.41) is 6.67. The van der Waals surface area contributed by atoms with Crippen molar-refractivity contribution in [1.29, 1.82) is 0 Å². The number of carbonyl (C=O) groups is 4. The second kappa shape index (κ2) is 15.9. The molecule has 47 heavy (non-hydrogen) atoms. The fourth-order valence-corrected chi connectivity index (χ4v) is 5.83. The van der Waals surface area contributed by atoms with Gasteiger partial charge in [0.25, 0.3) is 0 Å². The summed E-state index contributed by atoms with van der Waals surface area (Å²) < 4.78 is 70.4. The number of benzene rings is 4. The first-order valence-electron chi connectivity index (χ1n) is 13.9. The Morgan fingerprint density at radius 1 is 0.532 bits per heavy atom. The van der Waals surface area contributed by atoms with Gasteiger partial charge in [-0.15, -0.1) is 11.8 Å². The maximum atomic E-state index is 13.7. The smallest absolute Gasteiger partial charge is 0.331 e. The van der Waals surface area contributed by atoms with E-state index in [1.54, 1.807) is 0 Å². The molecule has 0 saturated carbocycles. The van der Waals surface area contributed by atoms with Crippen molar-refractivity contribution >= 4 is 35.5 Å². The van der Waals surface area contributed by atoms with Crippen LogP contribution in [-0.2, 0) is 23.9 Å². The molecule has 0 fully saturated rings. The molecular weight excluding hydrogens is 645 g/mol. The molecule has 0 aliphatic heterocycles. The van der Waals surface area contributed by atoms with Crippen molar-refractivity contribution in [2.24, 2.45) is 0 Å². The normalized spacial score (nSPS) is 11.0. The number of hydrogen-bond acceptors (Lipinski definition) is 6. The van der Waals surface area contributed by atoms with E-state index in [1.807, 2.05) is 96.3 Å². The lowest BCUT2D eigenvalue weighted by Crippen LogP contribution is -2.43. The number of hydrogen-bond donors (Lipinski definition) is 3. The van der Waals surface area contributed by atoms with Gasteiger partial charge >= 0.3 is 5.97 Å². The van der Waals surface area contributed by atoms with Crippen LogP contribution in [0.25, 0.3) is 0 Å². The zero-order chi connectivity index (χ0) is 34.0. The third-order valence-corrected chi connectivity index (χ3v) is 8.21. The van der Waals surface area contributed by atoms with Gasteiger partial charge in [-0.3, -0.25) is 14.4 Å². The van der Waals surface area contributed by atoms with Gasteiger partial charge in [0.1, 0.15) is 6.54 Å².